The van der Waals surface area contributed by atoms with Crippen LogP contribution in [0.4, 0.5) is 10.5 Å². The molecular formula is C34H34N2O6S. The largest absolute Gasteiger partial charge is 0.478 e. The average molecular weight is 599 g/mol. The van der Waals surface area contributed by atoms with Crippen LogP contribution in [-0.4, -0.2) is 40.6 Å². The number of carbonyl (C=O) groups is 2. The Morgan fingerprint density at radius 2 is 1.56 bits per heavy atom. The van der Waals surface area contributed by atoms with Gasteiger partial charge >= 0.3 is 12.0 Å². The first-order valence-electron chi connectivity index (χ1n) is 14.1. The number of aliphatic hydroxyl groups is 1. The number of carboxylic acids is 1. The second-order valence-electron chi connectivity index (χ2n) is 10.1. The summed E-state index contributed by atoms with van der Waals surface area (Å²) in [6.45, 7) is 2.32. The SMILES string of the molecule is CCNC(=O)Nc1cccc(C2O[C@H](CSc3ccc(C(=O)O)cc3)[C@@H](c3ccccc3)[C@H](c3ccc(CO)cc3)O2)c1. The van der Waals surface area contributed by atoms with Crippen LogP contribution in [-0.2, 0) is 16.1 Å². The molecular weight excluding hydrogens is 564 g/mol. The minimum Gasteiger partial charge on any atom is -0.478 e. The molecule has 1 fully saturated rings. The van der Waals surface area contributed by atoms with Crippen LogP contribution in [0.25, 0.3) is 0 Å². The van der Waals surface area contributed by atoms with E-state index < -0.39 is 12.3 Å². The van der Waals surface area contributed by atoms with Crippen LogP contribution < -0.4 is 10.6 Å². The molecule has 222 valence electrons. The number of ether oxygens (including phenoxy) is 2. The van der Waals surface area contributed by atoms with E-state index in [1.165, 1.54) is 0 Å². The molecule has 1 aliphatic rings. The first kappa shape index (κ1) is 30.3. The Balaban J connectivity index is 1.50. The highest BCUT2D eigenvalue weighted by atomic mass is 32.2. The molecule has 43 heavy (non-hydrogen) atoms. The zero-order valence-corrected chi connectivity index (χ0v) is 24.5. The predicted molar refractivity (Wildman–Crippen MR) is 166 cm³/mol. The van der Waals surface area contributed by atoms with E-state index in [1.807, 2.05) is 85.8 Å². The van der Waals surface area contributed by atoms with E-state index in [0.717, 1.165) is 27.1 Å². The van der Waals surface area contributed by atoms with Crippen LogP contribution in [0.3, 0.4) is 0 Å². The average Bonchev–Trinajstić information content (AvgIpc) is 3.04. The Morgan fingerprint density at radius 3 is 2.23 bits per heavy atom. The van der Waals surface area contributed by atoms with E-state index in [2.05, 4.69) is 22.8 Å². The molecule has 8 nitrogen and oxygen atoms in total. The number of urea groups is 1. The topological polar surface area (TPSA) is 117 Å². The summed E-state index contributed by atoms with van der Waals surface area (Å²) in [5.74, 6) is -0.552. The zero-order chi connectivity index (χ0) is 30.2. The summed E-state index contributed by atoms with van der Waals surface area (Å²) in [6.07, 6.45) is -1.40. The fraction of sp³-hybridized carbons (Fsp3) is 0.235. The molecule has 4 N–H and O–H groups in total. The summed E-state index contributed by atoms with van der Waals surface area (Å²) in [7, 11) is 0. The van der Waals surface area contributed by atoms with Gasteiger partial charge in [0.2, 0.25) is 0 Å². The quantitative estimate of drug-likeness (QED) is 0.149. The molecule has 2 amide bonds. The van der Waals surface area contributed by atoms with Crippen LogP contribution in [0.2, 0.25) is 0 Å². The number of aliphatic hydroxyl groups excluding tert-OH is 1. The lowest BCUT2D eigenvalue weighted by Gasteiger charge is -2.43. The Labute approximate surface area is 255 Å². The normalized spacial score (nSPS) is 19.9. The minimum atomic E-state index is -0.963. The van der Waals surface area contributed by atoms with Crippen molar-refractivity contribution >= 4 is 29.4 Å². The molecule has 0 radical (unpaired) electrons. The number of nitrogens with one attached hydrogen (secondary N) is 2. The third kappa shape index (κ3) is 7.63. The van der Waals surface area contributed by atoms with Crippen molar-refractivity contribution in [1.29, 1.82) is 0 Å². The summed E-state index contributed by atoms with van der Waals surface area (Å²) >= 11 is 1.59. The monoisotopic (exact) mass is 598 g/mol. The van der Waals surface area contributed by atoms with Gasteiger partial charge in [-0.05, 0) is 60.0 Å². The number of anilines is 1. The number of amides is 2. The first-order valence-corrected chi connectivity index (χ1v) is 15.1. The van der Waals surface area contributed by atoms with E-state index in [4.69, 9.17) is 9.47 Å². The third-order valence-corrected chi connectivity index (χ3v) is 8.34. The standard InChI is InChI=1S/C34H34N2O6S/c1-2-35-34(40)36-27-10-6-9-26(19-27)33-41-29(21-43-28-17-15-25(16-18-28)32(38)39)30(23-7-4-3-5-8-23)31(42-33)24-13-11-22(20-37)12-14-24/h3-19,29-31,33,37H,2,20-21H2,1H3,(H,38,39)(H2,35,36,40)/t29-,30-,31+,33?/m1/s1. The molecule has 0 aromatic heterocycles. The lowest BCUT2D eigenvalue weighted by Crippen LogP contribution is -2.38. The molecule has 4 atom stereocenters. The van der Waals surface area contributed by atoms with Crippen LogP contribution >= 0.6 is 11.8 Å². The van der Waals surface area contributed by atoms with Crippen molar-refractivity contribution in [2.75, 3.05) is 17.6 Å². The van der Waals surface area contributed by atoms with Gasteiger partial charge in [0.05, 0.1) is 24.4 Å². The Morgan fingerprint density at radius 1 is 0.837 bits per heavy atom. The lowest BCUT2D eigenvalue weighted by molar-refractivity contribution is -0.255. The Bertz CT molecular complexity index is 1510. The smallest absolute Gasteiger partial charge is 0.335 e. The van der Waals surface area contributed by atoms with Gasteiger partial charge in [-0.1, -0.05) is 66.7 Å². The van der Waals surface area contributed by atoms with Crippen molar-refractivity contribution in [3.8, 4) is 0 Å². The molecule has 0 spiro atoms. The molecule has 1 heterocycles. The van der Waals surface area contributed by atoms with Crippen molar-refractivity contribution in [2.45, 2.75) is 42.8 Å². The van der Waals surface area contributed by atoms with Crippen molar-refractivity contribution in [2.24, 2.45) is 0 Å². The number of hydrogen-bond acceptors (Lipinski definition) is 6. The van der Waals surface area contributed by atoms with Gasteiger partial charge in [0, 0.05) is 34.4 Å². The van der Waals surface area contributed by atoms with E-state index >= 15 is 0 Å². The van der Waals surface area contributed by atoms with Gasteiger partial charge in [-0.2, -0.15) is 0 Å². The number of carboxylic acid groups (broad SMARTS) is 1. The summed E-state index contributed by atoms with van der Waals surface area (Å²) in [6, 6.07) is 31.8. The van der Waals surface area contributed by atoms with Crippen molar-refractivity contribution in [3.63, 3.8) is 0 Å². The minimum absolute atomic E-state index is 0.0506. The number of aromatic carboxylic acids is 1. The number of carbonyl (C=O) groups excluding carboxylic acids is 1. The molecule has 1 aliphatic heterocycles. The number of thioether (sulfide) groups is 1. The number of benzene rings is 4. The Hall–Kier alpha value is -4.15. The maximum absolute atomic E-state index is 12.2. The van der Waals surface area contributed by atoms with Crippen molar-refractivity contribution in [1.82, 2.24) is 5.32 Å². The van der Waals surface area contributed by atoms with Crippen LogP contribution in [0.5, 0.6) is 0 Å². The number of rotatable bonds is 10. The summed E-state index contributed by atoms with van der Waals surface area (Å²) in [5, 5.41) is 24.5. The molecule has 0 saturated carbocycles. The highest BCUT2D eigenvalue weighted by Gasteiger charge is 2.42. The van der Waals surface area contributed by atoms with Gasteiger partial charge < -0.3 is 30.3 Å². The Kier molecular flexibility index (Phi) is 10.1. The second kappa shape index (κ2) is 14.3. The molecule has 5 rings (SSSR count). The van der Waals surface area contributed by atoms with E-state index in [-0.39, 0.29) is 36.3 Å². The van der Waals surface area contributed by atoms with Gasteiger partial charge in [-0.3, -0.25) is 0 Å². The van der Waals surface area contributed by atoms with Gasteiger partial charge in [-0.25, -0.2) is 9.59 Å². The van der Waals surface area contributed by atoms with E-state index in [1.54, 1.807) is 23.9 Å². The fourth-order valence-corrected chi connectivity index (χ4v) is 6.09. The molecule has 1 saturated heterocycles. The first-order chi connectivity index (χ1) is 20.9. The van der Waals surface area contributed by atoms with Gasteiger partial charge in [0.15, 0.2) is 6.29 Å². The van der Waals surface area contributed by atoms with Crippen molar-refractivity contribution in [3.05, 3.63) is 131 Å². The summed E-state index contributed by atoms with van der Waals surface area (Å²) in [5.41, 5.74) is 4.45. The maximum atomic E-state index is 12.2. The third-order valence-electron chi connectivity index (χ3n) is 7.24. The predicted octanol–water partition coefficient (Wildman–Crippen LogP) is 6.75. The van der Waals surface area contributed by atoms with E-state index in [9.17, 15) is 19.8 Å². The maximum Gasteiger partial charge on any atom is 0.335 e. The second-order valence-corrected chi connectivity index (χ2v) is 11.2. The fourth-order valence-electron chi connectivity index (χ4n) is 5.12. The van der Waals surface area contributed by atoms with Gasteiger partial charge in [-0.15, -0.1) is 11.8 Å². The highest BCUT2D eigenvalue weighted by molar-refractivity contribution is 7.99. The molecule has 4 aromatic carbocycles. The molecule has 9 heteroatoms. The van der Waals surface area contributed by atoms with Crippen LogP contribution in [0, 0.1) is 0 Å². The molecule has 0 bridgehead atoms. The molecule has 4 aromatic rings. The van der Waals surface area contributed by atoms with Gasteiger partial charge in [0.1, 0.15) is 0 Å². The summed E-state index contributed by atoms with van der Waals surface area (Å²) in [4.78, 5) is 24.4. The summed E-state index contributed by atoms with van der Waals surface area (Å²) < 4.78 is 13.5. The number of hydrogen-bond donors (Lipinski definition) is 4. The zero-order valence-electron chi connectivity index (χ0n) is 23.7. The van der Waals surface area contributed by atoms with Gasteiger partial charge in [0.25, 0.3) is 0 Å². The van der Waals surface area contributed by atoms with E-state index in [0.29, 0.717) is 18.0 Å². The van der Waals surface area contributed by atoms with Crippen molar-refractivity contribution < 1.29 is 29.3 Å². The highest BCUT2D eigenvalue weighted by Crippen LogP contribution is 2.48. The van der Waals surface area contributed by atoms with Crippen LogP contribution in [0.1, 0.15) is 57.8 Å². The molecule has 1 unspecified atom stereocenters. The lowest BCUT2D eigenvalue weighted by atomic mass is 9.84. The van der Waals surface area contributed by atoms with Crippen LogP contribution in [0.15, 0.2) is 108 Å². The molecule has 0 aliphatic carbocycles.